The molecule has 0 bridgehead atoms. The van der Waals surface area contributed by atoms with Gasteiger partial charge in [0.05, 0.1) is 5.41 Å². The zero-order chi connectivity index (χ0) is 10.1. The molecule has 0 aliphatic rings. The molecule has 0 spiro atoms. The predicted molar refractivity (Wildman–Crippen MR) is 57.1 cm³/mol. The highest BCUT2D eigenvalue weighted by Crippen LogP contribution is 2.30. The van der Waals surface area contributed by atoms with Gasteiger partial charge in [-0.3, -0.25) is 4.79 Å². The summed E-state index contributed by atoms with van der Waals surface area (Å²) in [5.41, 5.74) is -0.687. The lowest BCUT2D eigenvalue weighted by Crippen LogP contribution is -2.25. The Morgan fingerprint density at radius 3 is 2.69 bits per heavy atom. The molecule has 72 valence electrons. The van der Waals surface area contributed by atoms with Crippen LogP contribution in [-0.2, 0) is 11.2 Å². The molecule has 1 heterocycles. The summed E-state index contributed by atoms with van der Waals surface area (Å²) < 4.78 is 1.01. The summed E-state index contributed by atoms with van der Waals surface area (Å²) in [6.45, 7) is 3.48. The van der Waals surface area contributed by atoms with E-state index in [4.69, 9.17) is 5.11 Å². The van der Waals surface area contributed by atoms with E-state index in [0.717, 1.165) is 9.35 Å². The van der Waals surface area contributed by atoms with E-state index in [9.17, 15) is 4.79 Å². The van der Waals surface area contributed by atoms with Gasteiger partial charge in [-0.15, -0.1) is 11.3 Å². The number of hydrogen-bond donors (Lipinski definition) is 1. The molecular weight excluding hydrogens is 252 g/mol. The molecule has 0 aliphatic carbocycles. The summed E-state index contributed by atoms with van der Waals surface area (Å²) in [4.78, 5) is 11.9. The van der Waals surface area contributed by atoms with Gasteiger partial charge in [0.25, 0.3) is 0 Å². The molecule has 1 aromatic rings. The summed E-state index contributed by atoms with van der Waals surface area (Å²) in [6.07, 6.45) is 0.570. The molecule has 0 amide bonds. The second-order valence-corrected chi connectivity index (χ2v) is 5.41. The van der Waals surface area contributed by atoms with Crippen molar-refractivity contribution < 1.29 is 9.90 Å². The van der Waals surface area contributed by atoms with Gasteiger partial charge in [0.15, 0.2) is 0 Å². The van der Waals surface area contributed by atoms with Crippen molar-refractivity contribution in [3.63, 3.8) is 0 Å². The highest BCUT2D eigenvalue weighted by atomic mass is 79.9. The Hall–Kier alpha value is -0.350. The minimum atomic E-state index is -0.757. The first-order chi connectivity index (χ1) is 5.93. The second kappa shape index (κ2) is 3.80. The fraction of sp³-hybridized carbons (Fsp3) is 0.444. The average Bonchev–Trinajstić information content (AvgIpc) is 2.35. The maximum absolute atomic E-state index is 10.8. The lowest BCUT2D eigenvalue weighted by Gasteiger charge is -2.17. The Bertz CT molecular complexity index is 317. The predicted octanol–water partition coefficient (Wildman–Crippen LogP) is 3.16. The number of carboxylic acid groups (broad SMARTS) is 1. The van der Waals surface area contributed by atoms with E-state index in [1.165, 1.54) is 0 Å². The van der Waals surface area contributed by atoms with Gasteiger partial charge in [0.1, 0.15) is 0 Å². The standard InChI is InChI=1S/C9H11BrO2S/c1-9(2,8(11)12)5-7-6(10)3-4-13-7/h3-4H,5H2,1-2H3,(H,11,12). The van der Waals surface area contributed by atoms with Crippen LogP contribution in [-0.4, -0.2) is 11.1 Å². The van der Waals surface area contributed by atoms with Gasteiger partial charge in [-0.25, -0.2) is 0 Å². The maximum atomic E-state index is 10.8. The molecule has 1 N–H and O–H groups in total. The molecule has 0 aromatic carbocycles. The molecule has 0 saturated heterocycles. The van der Waals surface area contributed by atoms with Crippen molar-refractivity contribution in [2.75, 3.05) is 0 Å². The van der Waals surface area contributed by atoms with Crippen molar-refractivity contribution in [1.29, 1.82) is 0 Å². The first-order valence-electron chi connectivity index (χ1n) is 3.89. The Morgan fingerprint density at radius 1 is 1.69 bits per heavy atom. The SMILES string of the molecule is CC(C)(Cc1sccc1Br)C(=O)O. The monoisotopic (exact) mass is 262 g/mol. The van der Waals surface area contributed by atoms with Gasteiger partial charge in [-0.2, -0.15) is 0 Å². The van der Waals surface area contributed by atoms with E-state index >= 15 is 0 Å². The Balaban J connectivity index is 2.80. The van der Waals surface area contributed by atoms with E-state index in [-0.39, 0.29) is 0 Å². The summed E-state index contributed by atoms with van der Waals surface area (Å²) in [7, 11) is 0. The maximum Gasteiger partial charge on any atom is 0.309 e. The zero-order valence-corrected chi connectivity index (χ0v) is 9.91. The van der Waals surface area contributed by atoms with E-state index in [1.54, 1.807) is 25.2 Å². The largest absolute Gasteiger partial charge is 0.481 e. The van der Waals surface area contributed by atoms with Crippen LogP contribution in [0.2, 0.25) is 0 Å². The van der Waals surface area contributed by atoms with Crippen LogP contribution in [0, 0.1) is 5.41 Å². The van der Waals surface area contributed by atoms with Crippen LogP contribution in [0.1, 0.15) is 18.7 Å². The first-order valence-corrected chi connectivity index (χ1v) is 5.56. The van der Waals surface area contributed by atoms with Crippen LogP contribution < -0.4 is 0 Å². The lowest BCUT2D eigenvalue weighted by molar-refractivity contribution is -0.146. The quantitative estimate of drug-likeness (QED) is 0.909. The Labute approximate surface area is 89.7 Å². The van der Waals surface area contributed by atoms with Crippen LogP contribution in [0.4, 0.5) is 0 Å². The van der Waals surface area contributed by atoms with Crippen LogP contribution in [0.25, 0.3) is 0 Å². The molecule has 1 aromatic heterocycles. The molecular formula is C9H11BrO2S. The van der Waals surface area contributed by atoms with Crippen molar-refractivity contribution in [1.82, 2.24) is 0 Å². The molecule has 0 saturated carbocycles. The van der Waals surface area contributed by atoms with Gasteiger partial charge in [-0.05, 0) is 47.6 Å². The highest BCUT2D eigenvalue weighted by Gasteiger charge is 2.28. The number of thiophene rings is 1. The van der Waals surface area contributed by atoms with Crippen molar-refractivity contribution in [3.05, 3.63) is 20.8 Å². The Kier molecular flexibility index (Phi) is 3.14. The Morgan fingerprint density at radius 2 is 2.31 bits per heavy atom. The van der Waals surface area contributed by atoms with Crippen molar-refractivity contribution >= 4 is 33.2 Å². The second-order valence-electron chi connectivity index (χ2n) is 3.56. The van der Waals surface area contributed by atoms with Crippen LogP contribution in [0.15, 0.2) is 15.9 Å². The number of aliphatic carboxylic acids is 1. The summed E-state index contributed by atoms with van der Waals surface area (Å²) in [6, 6.07) is 1.94. The summed E-state index contributed by atoms with van der Waals surface area (Å²) in [5.74, 6) is -0.757. The molecule has 0 fully saturated rings. The normalized spacial score (nSPS) is 11.6. The number of carbonyl (C=O) groups is 1. The molecule has 1 rings (SSSR count). The van der Waals surface area contributed by atoms with Gasteiger partial charge >= 0.3 is 5.97 Å². The average molecular weight is 263 g/mol. The molecule has 4 heteroatoms. The molecule has 0 aliphatic heterocycles. The van der Waals surface area contributed by atoms with E-state index in [2.05, 4.69) is 15.9 Å². The molecule has 0 unspecified atom stereocenters. The third-order valence-electron chi connectivity index (χ3n) is 1.87. The summed E-state index contributed by atoms with van der Waals surface area (Å²) in [5, 5.41) is 10.9. The third kappa shape index (κ3) is 2.54. The topological polar surface area (TPSA) is 37.3 Å². The van der Waals surface area contributed by atoms with E-state index < -0.39 is 11.4 Å². The number of hydrogen-bond acceptors (Lipinski definition) is 2. The third-order valence-corrected chi connectivity index (χ3v) is 3.80. The van der Waals surface area contributed by atoms with Crippen molar-refractivity contribution in [3.8, 4) is 0 Å². The fourth-order valence-electron chi connectivity index (χ4n) is 0.928. The lowest BCUT2D eigenvalue weighted by atomic mass is 9.89. The van der Waals surface area contributed by atoms with Crippen LogP contribution >= 0.6 is 27.3 Å². The summed E-state index contributed by atoms with van der Waals surface area (Å²) >= 11 is 4.97. The zero-order valence-electron chi connectivity index (χ0n) is 7.50. The van der Waals surface area contributed by atoms with Gasteiger partial charge < -0.3 is 5.11 Å². The molecule has 0 radical (unpaired) electrons. The van der Waals surface area contributed by atoms with Crippen LogP contribution in [0.5, 0.6) is 0 Å². The van der Waals surface area contributed by atoms with Gasteiger partial charge in [-0.1, -0.05) is 0 Å². The van der Waals surface area contributed by atoms with E-state index in [0.29, 0.717) is 6.42 Å². The van der Waals surface area contributed by atoms with Crippen LogP contribution in [0.3, 0.4) is 0 Å². The fourth-order valence-corrected chi connectivity index (χ4v) is 2.65. The number of carboxylic acids is 1. The highest BCUT2D eigenvalue weighted by molar-refractivity contribution is 9.10. The minimum absolute atomic E-state index is 0.570. The molecule has 2 nitrogen and oxygen atoms in total. The number of halogens is 1. The smallest absolute Gasteiger partial charge is 0.309 e. The minimum Gasteiger partial charge on any atom is -0.481 e. The number of rotatable bonds is 3. The first kappa shape index (κ1) is 10.7. The van der Waals surface area contributed by atoms with E-state index in [1.807, 2.05) is 11.4 Å². The van der Waals surface area contributed by atoms with Gasteiger partial charge in [0.2, 0.25) is 0 Å². The molecule has 0 atom stereocenters. The van der Waals surface area contributed by atoms with Crippen molar-refractivity contribution in [2.45, 2.75) is 20.3 Å². The van der Waals surface area contributed by atoms with Gasteiger partial charge in [0, 0.05) is 9.35 Å². The molecule has 13 heavy (non-hydrogen) atoms. The van der Waals surface area contributed by atoms with Crippen molar-refractivity contribution in [2.24, 2.45) is 5.41 Å².